The molecular formula is C19H22O. The first-order chi connectivity index (χ1) is 9.85. The summed E-state index contributed by atoms with van der Waals surface area (Å²) in [5, 5.41) is 0. The Balaban J connectivity index is 2.39. The largest absolute Gasteiger partial charge is 0.496 e. The lowest BCUT2D eigenvalue weighted by Crippen LogP contribution is -1.92. The number of rotatable bonds is 6. The Kier molecular flexibility index (Phi) is 5.43. The topological polar surface area (TPSA) is 9.23 Å². The summed E-state index contributed by atoms with van der Waals surface area (Å²) in [4.78, 5) is 0. The van der Waals surface area contributed by atoms with Crippen LogP contribution in [0.15, 0.2) is 54.6 Å². The van der Waals surface area contributed by atoms with Crippen molar-refractivity contribution in [2.45, 2.75) is 26.2 Å². The summed E-state index contributed by atoms with van der Waals surface area (Å²) in [7, 11) is 1.73. The zero-order chi connectivity index (χ0) is 14.2. The first-order valence-electron chi connectivity index (χ1n) is 7.24. The molecule has 0 aliphatic rings. The van der Waals surface area contributed by atoms with E-state index in [4.69, 9.17) is 4.74 Å². The minimum Gasteiger partial charge on any atom is -0.496 e. The summed E-state index contributed by atoms with van der Waals surface area (Å²) in [6, 6.07) is 18.7. The van der Waals surface area contributed by atoms with Gasteiger partial charge in [0.15, 0.2) is 0 Å². The molecule has 0 fully saturated rings. The van der Waals surface area contributed by atoms with E-state index in [1.807, 2.05) is 18.2 Å². The summed E-state index contributed by atoms with van der Waals surface area (Å²) >= 11 is 0. The molecule has 0 aromatic heterocycles. The Hall–Kier alpha value is -2.02. The van der Waals surface area contributed by atoms with Gasteiger partial charge in [0, 0.05) is 5.56 Å². The van der Waals surface area contributed by atoms with Crippen molar-refractivity contribution in [3.05, 3.63) is 65.7 Å². The summed E-state index contributed by atoms with van der Waals surface area (Å²) in [5.41, 5.74) is 3.78. The maximum atomic E-state index is 5.50. The minimum absolute atomic E-state index is 0.950. The van der Waals surface area contributed by atoms with Gasteiger partial charge in [-0.1, -0.05) is 68.0 Å². The molecule has 0 N–H and O–H groups in total. The van der Waals surface area contributed by atoms with Crippen LogP contribution in [0.5, 0.6) is 5.75 Å². The lowest BCUT2D eigenvalue weighted by molar-refractivity contribution is 0.413. The van der Waals surface area contributed by atoms with Crippen LogP contribution in [0, 0.1) is 0 Å². The number of methoxy groups -OCH3 is 1. The highest BCUT2D eigenvalue weighted by molar-refractivity contribution is 5.83. The Morgan fingerprint density at radius 2 is 1.70 bits per heavy atom. The fourth-order valence-electron chi connectivity index (χ4n) is 2.31. The first-order valence-corrected chi connectivity index (χ1v) is 7.24. The fourth-order valence-corrected chi connectivity index (χ4v) is 2.31. The smallest absolute Gasteiger partial charge is 0.126 e. The standard InChI is InChI=1S/C19H22O/c1-3-4-12-17(15-16-10-6-5-7-11-16)18-13-8-9-14-19(18)20-2/h5-11,13-15H,3-4,12H2,1-2H3/b17-15+. The quantitative estimate of drug-likeness (QED) is 0.634. The molecule has 0 spiro atoms. The Morgan fingerprint density at radius 1 is 1.00 bits per heavy atom. The monoisotopic (exact) mass is 266 g/mol. The zero-order valence-corrected chi connectivity index (χ0v) is 12.3. The maximum Gasteiger partial charge on any atom is 0.126 e. The van der Waals surface area contributed by atoms with Gasteiger partial charge in [0.25, 0.3) is 0 Å². The molecule has 1 heteroatoms. The molecule has 0 saturated carbocycles. The highest BCUT2D eigenvalue weighted by Gasteiger charge is 2.07. The molecule has 0 atom stereocenters. The van der Waals surface area contributed by atoms with Crippen molar-refractivity contribution in [3.8, 4) is 5.75 Å². The van der Waals surface area contributed by atoms with Gasteiger partial charge in [0.2, 0.25) is 0 Å². The van der Waals surface area contributed by atoms with Crippen LogP contribution in [0.1, 0.15) is 37.3 Å². The van der Waals surface area contributed by atoms with Crippen molar-refractivity contribution in [1.29, 1.82) is 0 Å². The summed E-state index contributed by atoms with van der Waals surface area (Å²) in [5.74, 6) is 0.950. The third kappa shape index (κ3) is 3.74. The van der Waals surface area contributed by atoms with Gasteiger partial charge in [-0.25, -0.2) is 0 Å². The van der Waals surface area contributed by atoms with E-state index < -0.39 is 0 Å². The molecule has 0 saturated heterocycles. The Labute approximate surface area is 121 Å². The summed E-state index contributed by atoms with van der Waals surface area (Å²) < 4.78 is 5.50. The van der Waals surface area contributed by atoms with Crippen LogP contribution in [-0.4, -0.2) is 7.11 Å². The molecule has 2 aromatic carbocycles. The van der Waals surface area contributed by atoms with Crippen molar-refractivity contribution < 1.29 is 4.74 Å². The van der Waals surface area contributed by atoms with Crippen LogP contribution in [-0.2, 0) is 0 Å². The van der Waals surface area contributed by atoms with Gasteiger partial charge >= 0.3 is 0 Å². The van der Waals surface area contributed by atoms with Gasteiger partial charge in [-0.3, -0.25) is 0 Å². The molecular weight excluding hydrogens is 244 g/mol. The molecule has 0 bridgehead atoms. The van der Waals surface area contributed by atoms with E-state index in [1.54, 1.807) is 7.11 Å². The molecule has 0 unspecified atom stereocenters. The number of hydrogen-bond acceptors (Lipinski definition) is 1. The van der Waals surface area contributed by atoms with Crippen molar-refractivity contribution >= 4 is 11.6 Å². The first kappa shape index (κ1) is 14.4. The van der Waals surface area contributed by atoms with Crippen molar-refractivity contribution in [1.82, 2.24) is 0 Å². The number of benzene rings is 2. The van der Waals surface area contributed by atoms with Crippen LogP contribution < -0.4 is 4.74 Å². The van der Waals surface area contributed by atoms with Gasteiger partial charge < -0.3 is 4.74 Å². The summed E-state index contributed by atoms with van der Waals surface area (Å²) in [6.45, 7) is 2.22. The molecule has 0 aliphatic carbocycles. The normalized spacial score (nSPS) is 11.4. The second-order valence-corrected chi connectivity index (χ2v) is 4.88. The molecule has 2 rings (SSSR count). The second-order valence-electron chi connectivity index (χ2n) is 4.88. The SMILES string of the molecule is CCCC/C(=C\c1ccccc1)c1ccccc1OC. The van der Waals surface area contributed by atoms with Gasteiger partial charge in [0.05, 0.1) is 7.11 Å². The van der Waals surface area contributed by atoms with Crippen molar-refractivity contribution in [3.63, 3.8) is 0 Å². The highest BCUT2D eigenvalue weighted by Crippen LogP contribution is 2.30. The fraction of sp³-hybridized carbons (Fsp3) is 0.263. The van der Waals surface area contributed by atoms with E-state index in [1.165, 1.54) is 29.5 Å². The molecule has 104 valence electrons. The lowest BCUT2D eigenvalue weighted by Gasteiger charge is -2.12. The lowest BCUT2D eigenvalue weighted by atomic mass is 9.97. The number of allylic oxidation sites excluding steroid dienone is 1. The minimum atomic E-state index is 0.950. The molecule has 0 aliphatic heterocycles. The third-order valence-corrected chi connectivity index (χ3v) is 3.39. The predicted molar refractivity (Wildman–Crippen MR) is 86.8 cm³/mol. The van der Waals surface area contributed by atoms with E-state index in [0.717, 1.165) is 12.2 Å². The average molecular weight is 266 g/mol. The zero-order valence-electron chi connectivity index (χ0n) is 12.3. The maximum absolute atomic E-state index is 5.50. The molecule has 0 amide bonds. The number of ether oxygens (including phenoxy) is 1. The predicted octanol–water partition coefficient (Wildman–Crippen LogP) is 5.43. The number of para-hydroxylation sites is 1. The van der Waals surface area contributed by atoms with E-state index in [0.29, 0.717) is 0 Å². The second kappa shape index (κ2) is 7.54. The van der Waals surface area contributed by atoms with E-state index in [9.17, 15) is 0 Å². The average Bonchev–Trinajstić information content (AvgIpc) is 2.52. The van der Waals surface area contributed by atoms with Gasteiger partial charge in [-0.2, -0.15) is 0 Å². The molecule has 0 heterocycles. The van der Waals surface area contributed by atoms with E-state index in [-0.39, 0.29) is 0 Å². The molecule has 0 radical (unpaired) electrons. The van der Waals surface area contributed by atoms with Crippen LogP contribution in [0.25, 0.3) is 11.6 Å². The van der Waals surface area contributed by atoms with Crippen LogP contribution >= 0.6 is 0 Å². The van der Waals surface area contributed by atoms with Crippen molar-refractivity contribution in [2.24, 2.45) is 0 Å². The third-order valence-electron chi connectivity index (χ3n) is 3.39. The van der Waals surface area contributed by atoms with Gasteiger partial charge in [-0.15, -0.1) is 0 Å². The Bertz CT molecular complexity index is 555. The van der Waals surface area contributed by atoms with Gasteiger partial charge in [0.1, 0.15) is 5.75 Å². The van der Waals surface area contributed by atoms with Crippen LogP contribution in [0.4, 0.5) is 0 Å². The molecule has 1 nitrogen and oxygen atoms in total. The van der Waals surface area contributed by atoms with E-state index >= 15 is 0 Å². The van der Waals surface area contributed by atoms with Crippen LogP contribution in [0.3, 0.4) is 0 Å². The Morgan fingerprint density at radius 3 is 2.40 bits per heavy atom. The van der Waals surface area contributed by atoms with Crippen LogP contribution in [0.2, 0.25) is 0 Å². The number of unbranched alkanes of at least 4 members (excludes halogenated alkanes) is 1. The molecule has 20 heavy (non-hydrogen) atoms. The number of hydrogen-bond donors (Lipinski definition) is 0. The van der Waals surface area contributed by atoms with Crippen molar-refractivity contribution in [2.75, 3.05) is 7.11 Å². The highest BCUT2D eigenvalue weighted by atomic mass is 16.5. The summed E-state index contributed by atoms with van der Waals surface area (Å²) in [6.07, 6.45) is 5.73. The van der Waals surface area contributed by atoms with Gasteiger partial charge in [-0.05, 0) is 30.0 Å². The van der Waals surface area contributed by atoms with E-state index in [2.05, 4.69) is 49.4 Å². The molecule has 2 aromatic rings.